The van der Waals surface area contributed by atoms with Gasteiger partial charge in [-0.25, -0.2) is 9.88 Å². The van der Waals surface area contributed by atoms with E-state index in [4.69, 9.17) is 36.1 Å². The van der Waals surface area contributed by atoms with Crippen molar-refractivity contribution in [1.29, 1.82) is 0 Å². The molecule has 1 aromatic heterocycles. The SMILES string of the molecule is CC(C)OC(=O)C(C)NP(=S)(OC[C@@]1(N)OC(n2ccc(=O)[nH]c2=O)C(O)C1O)Oc1ccccc1. The highest BCUT2D eigenvalue weighted by molar-refractivity contribution is 8.09. The zero-order chi connectivity index (χ0) is 26.7. The molecule has 2 aromatic rings. The van der Waals surface area contributed by atoms with Gasteiger partial charge in [0.2, 0.25) is 0 Å². The summed E-state index contributed by atoms with van der Waals surface area (Å²) in [4.78, 5) is 37.9. The summed E-state index contributed by atoms with van der Waals surface area (Å²) in [6.45, 7) is 0.791. The molecule has 0 bridgehead atoms. The number of rotatable bonds is 10. The van der Waals surface area contributed by atoms with Crippen molar-refractivity contribution in [2.24, 2.45) is 5.73 Å². The van der Waals surface area contributed by atoms with Crippen molar-refractivity contribution >= 4 is 24.4 Å². The highest BCUT2D eigenvalue weighted by Gasteiger charge is 2.54. The Labute approximate surface area is 211 Å². The molecule has 198 valence electrons. The Bertz CT molecular complexity index is 1220. The van der Waals surface area contributed by atoms with Crippen LogP contribution in [0.4, 0.5) is 0 Å². The van der Waals surface area contributed by atoms with Gasteiger partial charge < -0.3 is 28.7 Å². The van der Waals surface area contributed by atoms with E-state index in [0.29, 0.717) is 5.75 Å². The topological polar surface area (TPSA) is 187 Å². The molecule has 0 radical (unpaired) electrons. The fourth-order valence-corrected chi connectivity index (χ4v) is 5.72. The summed E-state index contributed by atoms with van der Waals surface area (Å²) in [6, 6.07) is 8.57. The number of aliphatic hydroxyl groups is 2. The number of hydrogen-bond acceptors (Lipinski definition) is 11. The maximum atomic E-state index is 12.4. The summed E-state index contributed by atoms with van der Waals surface area (Å²) in [6.07, 6.45) is -4.06. The second-order valence-corrected chi connectivity index (χ2v) is 11.6. The molecule has 1 aliphatic heterocycles. The zero-order valence-electron chi connectivity index (χ0n) is 19.8. The van der Waals surface area contributed by atoms with E-state index in [-0.39, 0.29) is 6.10 Å². The van der Waals surface area contributed by atoms with Crippen molar-refractivity contribution in [2.45, 2.75) is 57.1 Å². The Balaban J connectivity index is 1.81. The molecule has 5 unspecified atom stereocenters. The second-order valence-electron chi connectivity index (χ2n) is 8.43. The molecule has 1 saturated heterocycles. The van der Waals surface area contributed by atoms with Gasteiger partial charge in [0.15, 0.2) is 12.0 Å². The normalized spacial score (nSPS) is 26.4. The lowest BCUT2D eigenvalue weighted by Gasteiger charge is -2.32. The van der Waals surface area contributed by atoms with Gasteiger partial charge in [0.25, 0.3) is 5.56 Å². The highest BCUT2D eigenvalue weighted by Crippen LogP contribution is 2.47. The second kappa shape index (κ2) is 11.3. The van der Waals surface area contributed by atoms with Crippen molar-refractivity contribution in [3.8, 4) is 5.75 Å². The number of benzene rings is 1. The third-order valence-electron chi connectivity index (χ3n) is 5.07. The Morgan fingerprint density at radius 2 is 1.94 bits per heavy atom. The predicted molar refractivity (Wildman–Crippen MR) is 132 cm³/mol. The number of nitrogens with two attached hydrogens (primary N) is 1. The summed E-state index contributed by atoms with van der Waals surface area (Å²) >= 11 is 5.60. The Kier molecular flexibility index (Phi) is 8.85. The number of aliphatic hydroxyl groups excluding tert-OH is 2. The van der Waals surface area contributed by atoms with Crippen LogP contribution in [-0.4, -0.2) is 62.4 Å². The van der Waals surface area contributed by atoms with E-state index in [1.54, 1.807) is 44.2 Å². The number of carbonyl (C=O) groups excluding carboxylic acids is 1. The van der Waals surface area contributed by atoms with Crippen molar-refractivity contribution in [1.82, 2.24) is 14.6 Å². The quantitative estimate of drug-likeness (QED) is 0.194. The number of ether oxygens (including phenoxy) is 2. The molecule has 1 aromatic carbocycles. The predicted octanol–water partition coefficient (Wildman–Crippen LogP) is -0.308. The number of nitrogens with one attached hydrogen (secondary N) is 2. The highest BCUT2D eigenvalue weighted by atomic mass is 32.5. The van der Waals surface area contributed by atoms with E-state index in [2.05, 4.69) is 5.09 Å². The third kappa shape index (κ3) is 6.66. The monoisotopic (exact) mass is 544 g/mol. The van der Waals surface area contributed by atoms with Crippen molar-refractivity contribution in [3.05, 3.63) is 63.4 Å². The molecular formula is C21H29N4O9PS. The smallest absolute Gasteiger partial charge is 0.330 e. The van der Waals surface area contributed by atoms with Gasteiger partial charge in [0.1, 0.15) is 30.6 Å². The number of nitrogens with zero attached hydrogens (tertiary/aromatic N) is 1. The lowest BCUT2D eigenvalue weighted by atomic mass is 10.1. The summed E-state index contributed by atoms with van der Waals surface area (Å²) < 4.78 is 23.4. The summed E-state index contributed by atoms with van der Waals surface area (Å²) in [5.74, 6) is -0.249. The number of hydrogen-bond donors (Lipinski definition) is 5. The molecule has 0 saturated carbocycles. The van der Waals surface area contributed by atoms with Crippen LogP contribution in [-0.2, 0) is 30.6 Å². The summed E-state index contributed by atoms with van der Waals surface area (Å²) in [5, 5.41) is 24.0. The molecule has 3 rings (SSSR count). The summed E-state index contributed by atoms with van der Waals surface area (Å²) in [7, 11) is 0. The largest absolute Gasteiger partial charge is 0.462 e. The molecule has 6 atom stereocenters. The van der Waals surface area contributed by atoms with E-state index < -0.39 is 60.7 Å². The van der Waals surface area contributed by atoms with E-state index in [1.807, 2.05) is 4.98 Å². The Hall–Kier alpha value is -2.42. The maximum absolute atomic E-state index is 12.4. The first-order valence-electron chi connectivity index (χ1n) is 11.0. The van der Waals surface area contributed by atoms with E-state index in [0.717, 1.165) is 16.8 Å². The van der Waals surface area contributed by atoms with Gasteiger partial charge >= 0.3 is 18.3 Å². The maximum Gasteiger partial charge on any atom is 0.330 e. The van der Waals surface area contributed by atoms with Crippen LogP contribution in [0.15, 0.2) is 52.2 Å². The van der Waals surface area contributed by atoms with Gasteiger partial charge in [-0.2, -0.15) is 0 Å². The van der Waals surface area contributed by atoms with Crippen molar-refractivity contribution in [2.75, 3.05) is 6.61 Å². The first-order chi connectivity index (χ1) is 16.8. The van der Waals surface area contributed by atoms with Gasteiger partial charge in [0, 0.05) is 12.3 Å². The van der Waals surface area contributed by atoms with E-state index in [9.17, 15) is 24.6 Å². The zero-order valence-corrected chi connectivity index (χ0v) is 21.5. The van der Waals surface area contributed by atoms with Gasteiger partial charge in [-0.15, -0.1) is 0 Å². The number of aromatic amines is 1. The van der Waals surface area contributed by atoms with Gasteiger partial charge in [-0.3, -0.25) is 24.9 Å². The fourth-order valence-electron chi connectivity index (χ4n) is 3.30. The molecule has 1 fully saturated rings. The van der Waals surface area contributed by atoms with Crippen molar-refractivity contribution in [3.63, 3.8) is 0 Å². The van der Waals surface area contributed by atoms with Gasteiger partial charge in [0.05, 0.1) is 6.10 Å². The van der Waals surface area contributed by atoms with Crippen molar-refractivity contribution < 1.29 is 33.5 Å². The molecule has 36 heavy (non-hydrogen) atoms. The Morgan fingerprint density at radius 3 is 2.56 bits per heavy atom. The van der Waals surface area contributed by atoms with Gasteiger partial charge in [-0.05, 0) is 44.7 Å². The lowest BCUT2D eigenvalue weighted by molar-refractivity contribution is -0.149. The standard InChI is InChI=1S/C21H29N4O9PS/c1-12(2)32-19(29)13(3)24-35(36,34-14-7-5-4-6-8-14)31-11-21(22)17(28)16(27)18(33-21)25-10-9-15(26)23-20(25)30/h4-10,12-13,16-18,27-28H,11,22H2,1-3H3,(H,24,36)(H,23,26,30)/t13?,16?,17?,18?,21-,35?/m1/s1. The minimum atomic E-state index is -3.53. The average Bonchev–Trinajstić information content (AvgIpc) is 3.02. The molecule has 1 aliphatic rings. The first kappa shape index (κ1) is 28.2. The minimum absolute atomic E-state index is 0.342. The fraction of sp³-hybridized carbons (Fsp3) is 0.476. The molecule has 2 heterocycles. The molecule has 6 N–H and O–H groups in total. The number of aromatic nitrogens is 2. The number of carbonyl (C=O) groups is 1. The lowest BCUT2D eigenvalue weighted by Crippen LogP contribution is -2.54. The van der Waals surface area contributed by atoms with E-state index in [1.165, 1.54) is 6.92 Å². The van der Waals surface area contributed by atoms with Crippen LogP contribution in [0, 0.1) is 0 Å². The first-order valence-corrected chi connectivity index (χ1v) is 13.6. The van der Waals surface area contributed by atoms with E-state index >= 15 is 0 Å². The molecule has 15 heteroatoms. The van der Waals surface area contributed by atoms with Crippen LogP contribution in [0.2, 0.25) is 0 Å². The molecule has 0 amide bonds. The van der Waals surface area contributed by atoms with Crippen LogP contribution < -0.4 is 26.6 Å². The van der Waals surface area contributed by atoms with Crippen LogP contribution in [0.25, 0.3) is 0 Å². The van der Waals surface area contributed by atoms with Gasteiger partial charge in [-0.1, -0.05) is 18.2 Å². The van der Waals surface area contributed by atoms with Crippen LogP contribution in [0.1, 0.15) is 27.0 Å². The molecular weight excluding hydrogens is 515 g/mol. The summed E-state index contributed by atoms with van der Waals surface area (Å²) in [5.41, 5.74) is 2.65. The minimum Gasteiger partial charge on any atom is -0.462 e. The molecule has 0 aliphatic carbocycles. The van der Waals surface area contributed by atoms with Crippen LogP contribution in [0.5, 0.6) is 5.75 Å². The molecule has 0 spiro atoms. The van der Waals surface area contributed by atoms with Crippen LogP contribution >= 0.6 is 6.64 Å². The third-order valence-corrected chi connectivity index (χ3v) is 7.55. The Morgan fingerprint density at radius 1 is 1.28 bits per heavy atom. The number of para-hydroxylation sites is 1. The van der Waals surface area contributed by atoms with Crippen LogP contribution in [0.3, 0.4) is 0 Å². The number of esters is 1. The number of H-pyrrole nitrogens is 1. The molecule has 13 nitrogen and oxygen atoms in total. The average molecular weight is 545 g/mol.